The first-order chi connectivity index (χ1) is 11.6. The summed E-state index contributed by atoms with van der Waals surface area (Å²) in [6, 6.07) is 15.8. The van der Waals surface area contributed by atoms with E-state index >= 15 is 0 Å². The Hall–Kier alpha value is -3.06. The Morgan fingerprint density at radius 1 is 1.08 bits per heavy atom. The summed E-state index contributed by atoms with van der Waals surface area (Å²) in [5.41, 5.74) is 3.31. The van der Waals surface area contributed by atoms with Crippen molar-refractivity contribution in [3.05, 3.63) is 76.6 Å². The molecule has 2 unspecified atom stereocenters. The van der Waals surface area contributed by atoms with Crippen molar-refractivity contribution in [2.45, 2.75) is 12.8 Å². The SMILES string of the molecule is CC1=NC2=C(C(=O)c3ccccc32)C(c2ccccc2F)C1C#N. The Balaban J connectivity index is 2.00. The van der Waals surface area contributed by atoms with E-state index in [2.05, 4.69) is 11.1 Å². The van der Waals surface area contributed by atoms with E-state index in [0.717, 1.165) is 5.56 Å². The summed E-state index contributed by atoms with van der Waals surface area (Å²) >= 11 is 0. The Morgan fingerprint density at radius 3 is 2.46 bits per heavy atom. The van der Waals surface area contributed by atoms with Crippen molar-refractivity contribution in [2.75, 3.05) is 0 Å². The summed E-state index contributed by atoms with van der Waals surface area (Å²) in [5, 5.41) is 9.62. The number of rotatable bonds is 1. The maximum absolute atomic E-state index is 14.4. The minimum absolute atomic E-state index is 0.162. The van der Waals surface area contributed by atoms with E-state index in [4.69, 9.17) is 0 Å². The molecule has 2 atom stereocenters. The molecule has 0 aromatic heterocycles. The van der Waals surface area contributed by atoms with Crippen molar-refractivity contribution in [3.63, 3.8) is 0 Å². The zero-order valence-electron chi connectivity index (χ0n) is 13.0. The summed E-state index contributed by atoms with van der Waals surface area (Å²) < 4.78 is 14.4. The van der Waals surface area contributed by atoms with Gasteiger partial charge in [-0.3, -0.25) is 9.79 Å². The number of halogens is 1. The molecule has 24 heavy (non-hydrogen) atoms. The highest BCUT2D eigenvalue weighted by Gasteiger charge is 2.43. The number of nitrogens with zero attached hydrogens (tertiary/aromatic N) is 2. The topological polar surface area (TPSA) is 53.2 Å². The maximum Gasteiger partial charge on any atom is 0.192 e. The lowest BCUT2D eigenvalue weighted by molar-refractivity contribution is 0.103. The molecule has 2 aliphatic rings. The van der Waals surface area contributed by atoms with E-state index < -0.39 is 17.7 Å². The fraction of sp³-hybridized carbons (Fsp3) is 0.150. The van der Waals surface area contributed by atoms with E-state index in [1.54, 1.807) is 37.3 Å². The average Bonchev–Trinajstić information content (AvgIpc) is 2.87. The molecule has 0 amide bonds. The number of fused-ring (bicyclic) bond motifs is 2. The van der Waals surface area contributed by atoms with Crippen LogP contribution in [0.15, 0.2) is 59.1 Å². The van der Waals surface area contributed by atoms with Crippen LogP contribution in [0.4, 0.5) is 4.39 Å². The molecular weight excluding hydrogens is 303 g/mol. The van der Waals surface area contributed by atoms with Gasteiger partial charge < -0.3 is 0 Å². The van der Waals surface area contributed by atoms with Crippen LogP contribution in [0.3, 0.4) is 0 Å². The van der Waals surface area contributed by atoms with Crippen LogP contribution >= 0.6 is 0 Å². The Bertz CT molecular complexity index is 981. The monoisotopic (exact) mass is 316 g/mol. The van der Waals surface area contributed by atoms with Gasteiger partial charge in [-0.2, -0.15) is 5.26 Å². The van der Waals surface area contributed by atoms with Gasteiger partial charge in [-0.1, -0.05) is 42.5 Å². The van der Waals surface area contributed by atoms with Gasteiger partial charge >= 0.3 is 0 Å². The lowest BCUT2D eigenvalue weighted by Crippen LogP contribution is -2.27. The fourth-order valence-corrected chi connectivity index (χ4v) is 3.58. The van der Waals surface area contributed by atoms with Gasteiger partial charge in [-0.25, -0.2) is 4.39 Å². The molecule has 1 aliphatic carbocycles. The lowest BCUT2D eigenvalue weighted by atomic mass is 9.76. The molecule has 1 heterocycles. The molecular formula is C20H13FN2O. The van der Waals surface area contributed by atoms with Crippen molar-refractivity contribution in [1.82, 2.24) is 0 Å². The minimum Gasteiger partial charge on any atom is -0.289 e. The molecule has 0 saturated carbocycles. The predicted molar refractivity (Wildman–Crippen MR) is 89.0 cm³/mol. The van der Waals surface area contributed by atoms with Crippen LogP contribution in [0.25, 0.3) is 5.70 Å². The van der Waals surface area contributed by atoms with Crippen molar-refractivity contribution in [2.24, 2.45) is 10.9 Å². The van der Waals surface area contributed by atoms with Crippen LogP contribution in [0, 0.1) is 23.1 Å². The number of ketones is 1. The highest BCUT2D eigenvalue weighted by molar-refractivity contribution is 6.23. The van der Waals surface area contributed by atoms with Gasteiger partial charge in [0.05, 0.1) is 17.7 Å². The normalized spacial score (nSPS) is 21.9. The largest absolute Gasteiger partial charge is 0.289 e. The summed E-state index contributed by atoms with van der Waals surface area (Å²) in [6.07, 6.45) is 0. The quantitative estimate of drug-likeness (QED) is 0.794. The van der Waals surface area contributed by atoms with Gasteiger partial charge in [0, 0.05) is 28.3 Å². The zero-order chi connectivity index (χ0) is 16.8. The molecule has 4 heteroatoms. The number of hydrogen-bond acceptors (Lipinski definition) is 3. The van der Waals surface area contributed by atoms with Crippen LogP contribution in [-0.2, 0) is 0 Å². The van der Waals surface area contributed by atoms with E-state index in [-0.39, 0.29) is 5.78 Å². The van der Waals surface area contributed by atoms with Crippen molar-refractivity contribution >= 4 is 17.2 Å². The number of carbonyl (C=O) groups is 1. The van der Waals surface area contributed by atoms with Gasteiger partial charge in [0.15, 0.2) is 5.78 Å². The molecule has 116 valence electrons. The van der Waals surface area contributed by atoms with Gasteiger partial charge in [-0.05, 0) is 18.6 Å². The first-order valence-electron chi connectivity index (χ1n) is 7.71. The molecule has 0 fully saturated rings. The Kier molecular flexibility index (Phi) is 3.17. The van der Waals surface area contributed by atoms with E-state index in [0.29, 0.717) is 28.1 Å². The number of allylic oxidation sites excluding steroid dienone is 1. The number of nitriles is 1. The number of hydrogen-bond donors (Lipinski definition) is 0. The second-order valence-electron chi connectivity index (χ2n) is 6.00. The molecule has 0 bridgehead atoms. The first kappa shape index (κ1) is 14.5. The van der Waals surface area contributed by atoms with Crippen LogP contribution in [0.1, 0.15) is 34.3 Å². The highest BCUT2D eigenvalue weighted by atomic mass is 19.1. The summed E-state index contributed by atoms with van der Waals surface area (Å²) in [4.78, 5) is 17.5. The molecule has 0 spiro atoms. The second kappa shape index (κ2) is 5.24. The van der Waals surface area contributed by atoms with Crippen molar-refractivity contribution < 1.29 is 9.18 Å². The Morgan fingerprint density at radius 2 is 1.75 bits per heavy atom. The number of Topliss-reactive ketones (excluding diaryl/α,β-unsaturated/α-hetero) is 1. The summed E-state index contributed by atoms with van der Waals surface area (Å²) in [6.45, 7) is 1.76. The third kappa shape index (κ3) is 1.88. The van der Waals surface area contributed by atoms with Crippen LogP contribution in [0.2, 0.25) is 0 Å². The van der Waals surface area contributed by atoms with Crippen molar-refractivity contribution in [1.29, 1.82) is 5.26 Å². The smallest absolute Gasteiger partial charge is 0.192 e. The second-order valence-corrected chi connectivity index (χ2v) is 6.00. The van der Waals surface area contributed by atoms with Crippen LogP contribution in [0.5, 0.6) is 0 Å². The molecule has 3 nitrogen and oxygen atoms in total. The zero-order valence-corrected chi connectivity index (χ0v) is 13.0. The minimum atomic E-state index is -0.654. The van der Waals surface area contributed by atoms with Gasteiger partial charge in [-0.15, -0.1) is 0 Å². The summed E-state index contributed by atoms with van der Waals surface area (Å²) in [5.74, 6) is -1.86. The number of carbonyl (C=O) groups excluding carboxylic acids is 1. The molecule has 2 aromatic carbocycles. The average molecular weight is 316 g/mol. The van der Waals surface area contributed by atoms with Crippen LogP contribution in [-0.4, -0.2) is 11.5 Å². The van der Waals surface area contributed by atoms with E-state index in [1.165, 1.54) is 6.07 Å². The molecule has 1 aliphatic heterocycles. The third-order valence-electron chi connectivity index (χ3n) is 4.69. The number of aliphatic imine (C=N–C) groups is 1. The predicted octanol–water partition coefficient (Wildman–Crippen LogP) is 4.13. The molecule has 0 N–H and O–H groups in total. The number of benzene rings is 2. The van der Waals surface area contributed by atoms with Crippen LogP contribution < -0.4 is 0 Å². The Labute approximate surface area is 138 Å². The molecule has 0 saturated heterocycles. The van der Waals surface area contributed by atoms with Crippen molar-refractivity contribution in [3.8, 4) is 6.07 Å². The summed E-state index contributed by atoms with van der Waals surface area (Å²) in [7, 11) is 0. The maximum atomic E-state index is 14.4. The van der Waals surface area contributed by atoms with Gasteiger partial charge in [0.1, 0.15) is 5.82 Å². The van der Waals surface area contributed by atoms with Gasteiger partial charge in [0.25, 0.3) is 0 Å². The van der Waals surface area contributed by atoms with E-state index in [1.807, 2.05) is 12.1 Å². The molecule has 4 rings (SSSR count). The van der Waals surface area contributed by atoms with Gasteiger partial charge in [0.2, 0.25) is 0 Å². The fourth-order valence-electron chi connectivity index (χ4n) is 3.58. The first-order valence-corrected chi connectivity index (χ1v) is 7.71. The highest BCUT2D eigenvalue weighted by Crippen LogP contribution is 2.47. The van der Waals surface area contributed by atoms with E-state index in [9.17, 15) is 14.4 Å². The molecule has 2 aromatic rings. The lowest BCUT2D eigenvalue weighted by Gasteiger charge is -2.27. The third-order valence-corrected chi connectivity index (χ3v) is 4.69. The standard InChI is InChI=1S/C20H13FN2O/c1-11-15(10-22)17(14-8-4-5-9-16(14)21)18-19(23-11)12-6-2-3-7-13(12)20(18)24/h2-9,15,17H,1H3. The molecule has 0 radical (unpaired) electrons.